The lowest BCUT2D eigenvalue weighted by Crippen LogP contribution is -2.44. The summed E-state index contributed by atoms with van der Waals surface area (Å²) in [5, 5.41) is 4.16. The van der Waals surface area contributed by atoms with E-state index in [0.29, 0.717) is 18.9 Å². The highest BCUT2D eigenvalue weighted by molar-refractivity contribution is 6.33. The second-order valence-electron chi connectivity index (χ2n) is 6.33. The molecule has 0 saturated carbocycles. The van der Waals surface area contributed by atoms with Gasteiger partial charge < -0.3 is 10.2 Å². The van der Waals surface area contributed by atoms with Gasteiger partial charge in [0.25, 0.3) is 0 Å². The van der Waals surface area contributed by atoms with Crippen molar-refractivity contribution in [3.8, 4) is 0 Å². The van der Waals surface area contributed by atoms with Gasteiger partial charge in [0.15, 0.2) is 0 Å². The minimum Gasteiger partial charge on any atom is -0.370 e. The molecule has 0 amide bonds. The highest BCUT2D eigenvalue weighted by Crippen LogP contribution is 2.33. The smallest absolute Gasteiger partial charge is 0.103 e. The predicted molar refractivity (Wildman–Crippen MR) is 90.7 cm³/mol. The number of hydrogen-bond acceptors (Lipinski definition) is 3. The van der Waals surface area contributed by atoms with Crippen molar-refractivity contribution in [2.45, 2.75) is 32.0 Å². The van der Waals surface area contributed by atoms with Crippen molar-refractivity contribution in [3.05, 3.63) is 28.8 Å². The summed E-state index contributed by atoms with van der Waals surface area (Å²) in [6.07, 6.45) is 0.555. The number of nitrogens with one attached hydrogen (secondary N) is 1. The number of anilines is 1. The molecule has 0 aliphatic carbocycles. The number of alkyl halides is 1. The Labute approximate surface area is 137 Å². The first-order chi connectivity index (χ1) is 10.6. The lowest BCUT2D eigenvalue weighted by atomic mass is 10.0. The zero-order valence-electron chi connectivity index (χ0n) is 13.2. The molecule has 0 spiro atoms. The van der Waals surface area contributed by atoms with E-state index < -0.39 is 6.17 Å². The maximum Gasteiger partial charge on any atom is 0.103 e. The van der Waals surface area contributed by atoms with Gasteiger partial charge in [-0.25, -0.2) is 4.39 Å². The predicted octanol–water partition coefficient (Wildman–Crippen LogP) is 3.24. The molecule has 2 aliphatic heterocycles. The summed E-state index contributed by atoms with van der Waals surface area (Å²) in [5.74, 6) is 0. The molecule has 1 aromatic rings. The minimum atomic E-state index is -0.655. The Morgan fingerprint density at radius 3 is 2.55 bits per heavy atom. The first-order valence-corrected chi connectivity index (χ1v) is 8.66. The maximum absolute atomic E-state index is 13.4. The van der Waals surface area contributed by atoms with Crippen LogP contribution in [0.3, 0.4) is 0 Å². The van der Waals surface area contributed by atoms with E-state index >= 15 is 0 Å². The van der Waals surface area contributed by atoms with Crippen molar-refractivity contribution in [3.63, 3.8) is 0 Å². The molecule has 1 unspecified atom stereocenters. The molecule has 2 saturated heterocycles. The molecule has 2 aliphatic rings. The average molecular weight is 326 g/mol. The molecule has 3 rings (SSSR count). The summed E-state index contributed by atoms with van der Waals surface area (Å²) in [6, 6.07) is 6.71. The van der Waals surface area contributed by atoms with Crippen molar-refractivity contribution < 1.29 is 4.39 Å². The molecule has 2 fully saturated rings. The molecule has 122 valence electrons. The van der Waals surface area contributed by atoms with Gasteiger partial charge in [0, 0.05) is 45.3 Å². The molecule has 0 bridgehead atoms. The molecule has 1 aromatic carbocycles. The van der Waals surface area contributed by atoms with Crippen LogP contribution in [0.25, 0.3) is 0 Å². The largest absolute Gasteiger partial charge is 0.370 e. The quantitative estimate of drug-likeness (QED) is 0.920. The fourth-order valence-corrected chi connectivity index (χ4v) is 3.64. The summed E-state index contributed by atoms with van der Waals surface area (Å²) in [5.41, 5.74) is 2.36. The summed E-state index contributed by atoms with van der Waals surface area (Å²) in [4.78, 5) is 4.73. The van der Waals surface area contributed by atoms with Crippen LogP contribution in [0.2, 0.25) is 5.02 Å². The second-order valence-corrected chi connectivity index (χ2v) is 6.74. The van der Waals surface area contributed by atoms with Gasteiger partial charge in [-0.1, -0.05) is 17.7 Å². The Hall–Kier alpha value is -0.840. The molecule has 0 radical (unpaired) electrons. The SMILES string of the molecule is CC(c1ccc(Cl)c(N2CCC(F)CC2)c1)N1CCNCC1. The van der Waals surface area contributed by atoms with Crippen LogP contribution < -0.4 is 10.2 Å². The van der Waals surface area contributed by atoms with E-state index in [4.69, 9.17) is 11.6 Å². The first kappa shape index (κ1) is 16.0. The lowest BCUT2D eigenvalue weighted by molar-refractivity contribution is 0.185. The Morgan fingerprint density at radius 1 is 1.18 bits per heavy atom. The van der Waals surface area contributed by atoms with Crippen molar-refractivity contribution in [2.24, 2.45) is 0 Å². The van der Waals surface area contributed by atoms with Gasteiger partial charge in [0.2, 0.25) is 0 Å². The number of nitrogens with zero attached hydrogens (tertiary/aromatic N) is 2. The Bertz CT molecular complexity index is 497. The van der Waals surface area contributed by atoms with Crippen molar-refractivity contribution in [2.75, 3.05) is 44.2 Å². The van der Waals surface area contributed by atoms with E-state index in [1.165, 1.54) is 5.56 Å². The van der Waals surface area contributed by atoms with E-state index in [1.54, 1.807) is 0 Å². The van der Waals surface area contributed by atoms with Crippen LogP contribution in [0.5, 0.6) is 0 Å². The molecule has 1 atom stereocenters. The topological polar surface area (TPSA) is 18.5 Å². The number of halogens is 2. The van der Waals surface area contributed by atoms with Crippen molar-refractivity contribution in [1.29, 1.82) is 0 Å². The van der Waals surface area contributed by atoms with Crippen molar-refractivity contribution >= 4 is 17.3 Å². The molecule has 22 heavy (non-hydrogen) atoms. The molecule has 3 nitrogen and oxygen atoms in total. The molecular weight excluding hydrogens is 301 g/mol. The van der Waals surface area contributed by atoms with E-state index in [9.17, 15) is 4.39 Å². The van der Waals surface area contributed by atoms with E-state index in [-0.39, 0.29) is 0 Å². The van der Waals surface area contributed by atoms with E-state index in [2.05, 4.69) is 34.2 Å². The standard InChI is InChI=1S/C17H25ClFN3/c1-13(21-10-6-20-7-11-21)14-2-3-16(18)17(12-14)22-8-4-15(19)5-9-22/h2-3,12-13,15,20H,4-11H2,1H3. The third kappa shape index (κ3) is 3.55. The van der Waals surface area contributed by atoms with Crippen molar-refractivity contribution in [1.82, 2.24) is 10.2 Å². The van der Waals surface area contributed by atoms with Crippen LogP contribution in [-0.4, -0.2) is 50.3 Å². The minimum absolute atomic E-state index is 0.386. The van der Waals surface area contributed by atoms with E-state index in [0.717, 1.165) is 50.0 Å². The molecule has 1 N–H and O–H groups in total. The summed E-state index contributed by atoms with van der Waals surface area (Å²) < 4.78 is 13.4. The van der Waals surface area contributed by atoms with Crippen LogP contribution in [-0.2, 0) is 0 Å². The monoisotopic (exact) mass is 325 g/mol. The molecule has 0 aromatic heterocycles. The highest BCUT2D eigenvalue weighted by atomic mass is 35.5. The lowest BCUT2D eigenvalue weighted by Gasteiger charge is -2.35. The normalized spacial score (nSPS) is 22.8. The van der Waals surface area contributed by atoms with Gasteiger partial charge >= 0.3 is 0 Å². The Morgan fingerprint density at radius 2 is 1.86 bits per heavy atom. The first-order valence-electron chi connectivity index (χ1n) is 8.28. The Kier molecular flexibility index (Phi) is 5.21. The zero-order valence-corrected chi connectivity index (χ0v) is 13.9. The number of piperazine rings is 1. The third-order valence-corrected chi connectivity index (χ3v) is 5.24. The number of piperidine rings is 1. The van der Waals surface area contributed by atoms with Crippen LogP contribution in [0, 0.1) is 0 Å². The fourth-order valence-electron chi connectivity index (χ4n) is 3.40. The summed E-state index contributed by atoms with van der Waals surface area (Å²) >= 11 is 6.40. The molecular formula is C17H25ClFN3. The van der Waals surface area contributed by atoms with E-state index in [1.807, 2.05) is 6.07 Å². The number of rotatable bonds is 3. The van der Waals surface area contributed by atoms with Crippen LogP contribution in [0.1, 0.15) is 31.4 Å². The van der Waals surface area contributed by atoms with Gasteiger partial charge in [0.05, 0.1) is 10.7 Å². The fraction of sp³-hybridized carbons (Fsp3) is 0.647. The summed E-state index contributed by atoms with van der Waals surface area (Å²) in [7, 11) is 0. The van der Waals surface area contributed by atoms with Gasteiger partial charge in [-0.15, -0.1) is 0 Å². The second kappa shape index (κ2) is 7.16. The third-order valence-electron chi connectivity index (χ3n) is 4.92. The van der Waals surface area contributed by atoms with Gasteiger partial charge in [-0.2, -0.15) is 0 Å². The highest BCUT2D eigenvalue weighted by Gasteiger charge is 2.23. The van der Waals surface area contributed by atoms with Crippen LogP contribution in [0.15, 0.2) is 18.2 Å². The maximum atomic E-state index is 13.4. The van der Waals surface area contributed by atoms with Gasteiger partial charge in [-0.05, 0) is 37.5 Å². The zero-order chi connectivity index (χ0) is 15.5. The molecule has 2 heterocycles. The summed E-state index contributed by atoms with van der Waals surface area (Å²) in [6.45, 7) is 8.02. The molecule has 5 heteroatoms. The Balaban J connectivity index is 1.77. The average Bonchev–Trinajstić information content (AvgIpc) is 2.56. The van der Waals surface area contributed by atoms with Crippen LogP contribution >= 0.6 is 11.6 Å². The number of benzene rings is 1. The van der Waals surface area contributed by atoms with Gasteiger partial charge in [-0.3, -0.25) is 4.90 Å². The number of hydrogen-bond donors (Lipinski definition) is 1. The van der Waals surface area contributed by atoms with Gasteiger partial charge in [0.1, 0.15) is 6.17 Å². The van der Waals surface area contributed by atoms with Crippen LogP contribution in [0.4, 0.5) is 10.1 Å².